The molecule has 0 atom stereocenters. The molecular formula is C13H16N2O4. The molecule has 0 aliphatic heterocycles. The molecule has 0 bridgehead atoms. The Morgan fingerprint density at radius 3 is 3.11 bits per heavy atom. The maximum atomic E-state index is 11.1. The molecule has 0 unspecified atom stereocenters. The van der Waals surface area contributed by atoms with E-state index < -0.39 is 5.76 Å². The number of hydrogen-bond acceptors (Lipinski definition) is 5. The Labute approximate surface area is 109 Å². The lowest BCUT2D eigenvalue weighted by Gasteiger charge is -2.04. The van der Waals surface area contributed by atoms with Gasteiger partial charge in [-0.2, -0.15) is 0 Å². The summed E-state index contributed by atoms with van der Waals surface area (Å²) >= 11 is 0. The predicted octanol–water partition coefficient (Wildman–Crippen LogP) is 0.816. The molecule has 0 radical (unpaired) electrons. The molecular weight excluding hydrogens is 248 g/mol. The maximum Gasteiger partial charge on any atom is 0.417 e. The Bertz CT molecular complexity index is 614. The van der Waals surface area contributed by atoms with Gasteiger partial charge in [-0.15, -0.1) is 0 Å². The average molecular weight is 264 g/mol. The van der Waals surface area contributed by atoms with Crippen LogP contribution in [0, 0.1) is 0 Å². The van der Waals surface area contributed by atoms with Gasteiger partial charge in [-0.1, -0.05) is 6.07 Å². The molecule has 102 valence electrons. The highest BCUT2D eigenvalue weighted by molar-refractivity contribution is 5.73. The molecule has 1 aromatic carbocycles. The van der Waals surface area contributed by atoms with Crippen molar-refractivity contribution in [3.8, 4) is 0 Å². The van der Waals surface area contributed by atoms with Gasteiger partial charge >= 0.3 is 11.7 Å². The van der Waals surface area contributed by atoms with Crippen LogP contribution in [0.2, 0.25) is 0 Å². The minimum atomic E-state index is -0.451. The molecule has 0 saturated heterocycles. The Hall–Kier alpha value is -2.08. The van der Waals surface area contributed by atoms with Crippen LogP contribution in [0.5, 0.6) is 0 Å². The lowest BCUT2D eigenvalue weighted by atomic mass is 10.1. The van der Waals surface area contributed by atoms with E-state index in [2.05, 4.69) is 10.3 Å². The second-order valence-corrected chi connectivity index (χ2v) is 4.08. The molecule has 1 aromatic heterocycles. The van der Waals surface area contributed by atoms with Gasteiger partial charge in [0.25, 0.3) is 0 Å². The van der Waals surface area contributed by atoms with Crippen LogP contribution in [-0.2, 0) is 16.0 Å². The fourth-order valence-electron chi connectivity index (χ4n) is 1.78. The summed E-state index contributed by atoms with van der Waals surface area (Å²) < 4.78 is 9.78. The van der Waals surface area contributed by atoms with E-state index in [4.69, 9.17) is 9.15 Å². The summed E-state index contributed by atoms with van der Waals surface area (Å²) in [5.41, 5.74) is 2.27. The second kappa shape index (κ2) is 6.19. The van der Waals surface area contributed by atoms with Crippen molar-refractivity contribution < 1.29 is 13.9 Å². The predicted molar refractivity (Wildman–Crippen MR) is 70.0 cm³/mol. The monoisotopic (exact) mass is 264 g/mol. The lowest BCUT2D eigenvalue weighted by Crippen LogP contribution is -2.26. The first-order valence-corrected chi connectivity index (χ1v) is 6.17. The van der Waals surface area contributed by atoms with Crippen LogP contribution in [0.1, 0.15) is 12.5 Å². The number of carbonyl (C=O) groups is 1. The number of fused-ring (bicyclic) bond motifs is 1. The van der Waals surface area contributed by atoms with E-state index in [1.54, 1.807) is 13.0 Å². The van der Waals surface area contributed by atoms with Crippen LogP contribution < -0.4 is 11.1 Å². The van der Waals surface area contributed by atoms with Crippen LogP contribution in [0.4, 0.5) is 0 Å². The third-order valence-electron chi connectivity index (χ3n) is 2.65. The highest BCUT2D eigenvalue weighted by atomic mass is 16.5. The van der Waals surface area contributed by atoms with Gasteiger partial charge in [0.2, 0.25) is 0 Å². The normalized spacial score (nSPS) is 10.8. The zero-order chi connectivity index (χ0) is 13.7. The van der Waals surface area contributed by atoms with Crippen molar-refractivity contribution in [1.82, 2.24) is 10.3 Å². The number of oxazole rings is 1. The summed E-state index contributed by atoms with van der Waals surface area (Å²) in [7, 11) is 0. The number of esters is 1. The van der Waals surface area contributed by atoms with E-state index in [-0.39, 0.29) is 12.5 Å². The number of carbonyl (C=O) groups excluding carboxylic acids is 1. The Balaban J connectivity index is 1.84. The average Bonchev–Trinajstić information content (AvgIpc) is 2.74. The molecule has 0 spiro atoms. The molecule has 0 aliphatic rings. The summed E-state index contributed by atoms with van der Waals surface area (Å²) in [5.74, 6) is -0.706. The zero-order valence-electron chi connectivity index (χ0n) is 10.7. The smallest absolute Gasteiger partial charge is 0.417 e. The standard InChI is InChI=1S/C13H16N2O4/c1-2-18-12(16)8-14-6-5-9-3-4-10-11(7-9)19-13(17)15-10/h3-4,7,14H,2,5-6,8H2,1H3,(H,15,17). The van der Waals surface area contributed by atoms with Gasteiger partial charge in [0.15, 0.2) is 5.58 Å². The van der Waals surface area contributed by atoms with Crippen molar-refractivity contribution in [2.75, 3.05) is 19.7 Å². The second-order valence-electron chi connectivity index (χ2n) is 4.08. The Morgan fingerprint density at radius 1 is 1.47 bits per heavy atom. The minimum absolute atomic E-state index is 0.204. The van der Waals surface area contributed by atoms with Crippen LogP contribution in [0.25, 0.3) is 11.1 Å². The van der Waals surface area contributed by atoms with Crippen molar-refractivity contribution in [2.45, 2.75) is 13.3 Å². The summed E-state index contributed by atoms with van der Waals surface area (Å²) in [6, 6.07) is 5.54. The van der Waals surface area contributed by atoms with E-state index in [1.807, 2.05) is 12.1 Å². The van der Waals surface area contributed by atoms with Crippen LogP contribution in [0.15, 0.2) is 27.4 Å². The van der Waals surface area contributed by atoms with E-state index in [1.165, 1.54) is 0 Å². The molecule has 6 nitrogen and oxygen atoms in total. The van der Waals surface area contributed by atoms with Gasteiger partial charge in [-0.05, 0) is 37.6 Å². The summed E-state index contributed by atoms with van der Waals surface area (Å²) in [6.07, 6.45) is 0.740. The first kappa shape index (κ1) is 13.4. The molecule has 0 amide bonds. The van der Waals surface area contributed by atoms with Gasteiger partial charge in [0.05, 0.1) is 18.7 Å². The number of aromatic nitrogens is 1. The number of benzene rings is 1. The van der Waals surface area contributed by atoms with Gasteiger partial charge < -0.3 is 14.5 Å². The largest absolute Gasteiger partial charge is 0.465 e. The van der Waals surface area contributed by atoms with Crippen molar-refractivity contribution in [2.24, 2.45) is 0 Å². The lowest BCUT2D eigenvalue weighted by molar-refractivity contribution is -0.141. The van der Waals surface area contributed by atoms with Gasteiger partial charge in [0, 0.05) is 0 Å². The molecule has 0 aliphatic carbocycles. The van der Waals surface area contributed by atoms with Crippen molar-refractivity contribution in [1.29, 1.82) is 0 Å². The van der Waals surface area contributed by atoms with Crippen molar-refractivity contribution >= 4 is 17.1 Å². The minimum Gasteiger partial charge on any atom is -0.465 e. The van der Waals surface area contributed by atoms with Crippen molar-refractivity contribution in [3.63, 3.8) is 0 Å². The molecule has 0 saturated carbocycles. The zero-order valence-corrected chi connectivity index (χ0v) is 10.7. The fourth-order valence-corrected chi connectivity index (χ4v) is 1.78. The number of hydrogen-bond donors (Lipinski definition) is 2. The molecule has 1 heterocycles. The van der Waals surface area contributed by atoms with Crippen molar-refractivity contribution in [3.05, 3.63) is 34.3 Å². The van der Waals surface area contributed by atoms with E-state index in [9.17, 15) is 9.59 Å². The van der Waals surface area contributed by atoms with Crippen LogP contribution in [0.3, 0.4) is 0 Å². The maximum absolute atomic E-state index is 11.1. The SMILES string of the molecule is CCOC(=O)CNCCc1ccc2[nH]c(=O)oc2c1. The van der Waals surface area contributed by atoms with E-state index in [0.29, 0.717) is 24.3 Å². The summed E-state index contributed by atoms with van der Waals surface area (Å²) in [5, 5.41) is 3.00. The van der Waals surface area contributed by atoms with Gasteiger partial charge in [-0.25, -0.2) is 4.79 Å². The van der Waals surface area contributed by atoms with Gasteiger partial charge in [0.1, 0.15) is 0 Å². The number of ether oxygens (including phenoxy) is 1. The molecule has 2 N–H and O–H groups in total. The molecule has 2 rings (SSSR count). The quantitative estimate of drug-likeness (QED) is 0.596. The van der Waals surface area contributed by atoms with Crippen LogP contribution in [-0.4, -0.2) is 30.6 Å². The highest BCUT2D eigenvalue weighted by Crippen LogP contribution is 2.12. The Morgan fingerprint density at radius 2 is 2.32 bits per heavy atom. The first-order chi connectivity index (χ1) is 9.19. The number of nitrogens with one attached hydrogen (secondary N) is 2. The third kappa shape index (κ3) is 3.69. The highest BCUT2D eigenvalue weighted by Gasteiger charge is 2.03. The van der Waals surface area contributed by atoms with E-state index >= 15 is 0 Å². The first-order valence-electron chi connectivity index (χ1n) is 6.17. The molecule has 6 heteroatoms. The summed E-state index contributed by atoms with van der Waals surface area (Å²) in [6.45, 7) is 3.02. The number of aromatic amines is 1. The number of H-pyrrole nitrogens is 1. The van der Waals surface area contributed by atoms with E-state index in [0.717, 1.165) is 12.0 Å². The van der Waals surface area contributed by atoms with Gasteiger partial charge in [-0.3, -0.25) is 9.78 Å². The van der Waals surface area contributed by atoms with Crippen LogP contribution >= 0.6 is 0 Å². The topological polar surface area (TPSA) is 84.3 Å². The third-order valence-corrected chi connectivity index (χ3v) is 2.65. The number of rotatable bonds is 6. The molecule has 19 heavy (non-hydrogen) atoms. The fraction of sp³-hybridized carbons (Fsp3) is 0.385. The molecule has 2 aromatic rings. The summed E-state index contributed by atoms with van der Waals surface area (Å²) in [4.78, 5) is 24.7. The molecule has 0 fully saturated rings. The Kier molecular flexibility index (Phi) is 4.35.